The molecule has 1 saturated heterocycles. The van der Waals surface area contributed by atoms with Gasteiger partial charge in [-0.15, -0.1) is 0 Å². The molecule has 1 heterocycles. The number of nitrogens with zero attached hydrogens (tertiary/aromatic N) is 2. The predicted octanol–water partition coefficient (Wildman–Crippen LogP) is 1.70. The van der Waals surface area contributed by atoms with Crippen molar-refractivity contribution in [2.24, 2.45) is 23.5 Å². The molecule has 4 nitrogen and oxygen atoms in total. The van der Waals surface area contributed by atoms with E-state index >= 15 is 0 Å². The summed E-state index contributed by atoms with van der Waals surface area (Å²) in [6.45, 7) is 5.51. The van der Waals surface area contributed by atoms with E-state index in [1.807, 2.05) is 0 Å². The normalized spacial score (nSPS) is 34.5. The molecule has 0 aromatic carbocycles. The maximum atomic E-state index is 12.8. The Morgan fingerprint density at radius 1 is 0.952 bits per heavy atom. The third-order valence-electron chi connectivity index (χ3n) is 6.02. The highest BCUT2D eigenvalue weighted by molar-refractivity contribution is 5.79. The smallest absolute Gasteiger partial charge is 0.225 e. The molecule has 2 N–H and O–H groups in total. The summed E-state index contributed by atoms with van der Waals surface area (Å²) in [6, 6.07) is 0. The standard InChI is InChI=1S/C17H31N3O/c18-7-8-19-9-11-20(12-10-19)17(21)16-6-5-14-3-1-2-4-15(14)13-16/h14-16H,1-13,18H2. The maximum absolute atomic E-state index is 12.8. The molecule has 0 aromatic rings. The van der Waals surface area contributed by atoms with Crippen molar-refractivity contribution in [1.29, 1.82) is 0 Å². The van der Waals surface area contributed by atoms with Crippen LogP contribution in [0.5, 0.6) is 0 Å². The summed E-state index contributed by atoms with van der Waals surface area (Å²) in [5.41, 5.74) is 5.61. The third kappa shape index (κ3) is 3.59. The van der Waals surface area contributed by atoms with Gasteiger partial charge in [0.25, 0.3) is 0 Å². The molecule has 2 saturated carbocycles. The molecule has 21 heavy (non-hydrogen) atoms. The van der Waals surface area contributed by atoms with Gasteiger partial charge in [0.15, 0.2) is 0 Å². The van der Waals surface area contributed by atoms with E-state index in [9.17, 15) is 4.79 Å². The van der Waals surface area contributed by atoms with Gasteiger partial charge in [-0.1, -0.05) is 25.7 Å². The second-order valence-electron chi connectivity index (χ2n) is 7.27. The maximum Gasteiger partial charge on any atom is 0.225 e. The molecule has 0 radical (unpaired) electrons. The lowest BCUT2D eigenvalue weighted by Crippen LogP contribution is -2.51. The second-order valence-corrected chi connectivity index (χ2v) is 7.27. The first kappa shape index (κ1) is 15.3. The number of hydrogen-bond donors (Lipinski definition) is 1. The Morgan fingerprint density at radius 3 is 2.38 bits per heavy atom. The van der Waals surface area contributed by atoms with Crippen LogP contribution in [0.1, 0.15) is 44.9 Å². The van der Waals surface area contributed by atoms with Crippen LogP contribution in [-0.2, 0) is 4.79 Å². The van der Waals surface area contributed by atoms with Crippen molar-refractivity contribution in [3.63, 3.8) is 0 Å². The molecule has 3 fully saturated rings. The Bertz CT molecular complexity index is 352. The average molecular weight is 293 g/mol. The Hall–Kier alpha value is -0.610. The van der Waals surface area contributed by atoms with E-state index in [1.54, 1.807) is 0 Å². The van der Waals surface area contributed by atoms with Gasteiger partial charge >= 0.3 is 0 Å². The van der Waals surface area contributed by atoms with Crippen LogP contribution in [0.15, 0.2) is 0 Å². The van der Waals surface area contributed by atoms with Gasteiger partial charge in [0.1, 0.15) is 0 Å². The van der Waals surface area contributed by atoms with Crippen LogP contribution >= 0.6 is 0 Å². The van der Waals surface area contributed by atoms with Crippen molar-refractivity contribution in [1.82, 2.24) is 9.80 Å². The monoisotopic (exact) mass is 293 g/mol. The number of amides is 1. The first-order valence-corrected chi connectivity index (χ1v) is 8.99. The summed E-state index contributed by atoms with van der Waals surface area (Å²) in [5.74, 6) is 2.56. The van der Waals surface area contributed by atoms with Crippen LogP contribution in [0.4, 0.5) is 0 Å². The lowest BCUT2D eigenvalue weighted by Gasteiger charge is -2.41. The van der Waals surface area contributed by atoms with Crippen molar-refractivity contribution < 1.29 is 4.79 Å². The summed E-state index contributed by atoms with van der Waals surface area (Å²) in [6.07, 6.45) is 9.22. The van der Waals surface area contributed by atoms with Gasteiger partial charge < -0.3 is 10.6 Å². The average Bonchev–Trinajstić information content (AvgIpc) is 2.55. The van der Waals surface area contributed by atoms with E-state index in [0.717, 1.165) is 57.5 Å². The highest BCUT2D eigenvalue weighted by Gasteiger charge is 2.37. The number of fused-ring (bicyclic) bond motifs is 1. The summed E-state index contributed by atoms with van der Waals surface area (Å²) in [7, 11) is 0. The van der Waals surface area contributed by atoms with Gasteiger partial charge in [-0.3, -0.25) is 9.69 Å². The van der Waals surface area contributed by atoms with Gasteiger partial charge in [0, 0.05) is 45.2 Å². The highest BCUT2D eigenvalue weighted by Crippen LogP contribution is 2.43. The van der Waals surface area contributed by atoms with Crippen LogP contribution in [0.2, 0.25) is 0 Å². The van der Waals surface area contributed by atoms with Crippen molar-refractivity contribution in [3.05, 3.63) is 0 Å². The molecule has 3 rings (SSSR count). The molecule has 1 amide bonds. The van der Waals surface area contributed by atoms with E-state index in [0.29, 0.717) is 11.8 Å². The molecule has 3 aliphatic rings. The summed E-state index contributed by atoms with van der Waals surface area (Å²) < 4.78 is 0. The highest BCUT2D eigenvalue weighted by atomic mass is 16.2. The minimum absolute atomic E-state index is 0.324. The largest absolute Gasteiger partial charge is 0.340 e. The van der Waals surface area contributed by atoms with Gasteiger partial charge in [0.2, 0.25) is 5.91 Å². The molecule has 1 aliphatic heterocycles. The lowest BCUT2D eigenvalue weighted by atomic mass is 9.67. The quantitative estimate of drug-likeness (QED) is 0.861. The van der Waals surface area contributed by atoms with Crippen LogP contribution in [-0.4, -0.2) is 55.0 Å². The zero-order valence-corrected chi connectivity index (χ0v) is 13.3. The van der Waals surface area contributed by atoms with E-state index < -0.39 is 0 Å². The zero-order chi connectivity index (χ0) is 14.7. The van der Waals surface area contributed by atoms with Crippen LogP contribution in [0.25, 0.3) is 0 Å². The molecule has 120 valence electrons. The Kier molecular flexibility index (Phi) is 5.17. The molecule has 3 unspecified atom stereocenters. The van der Waals surface area contributed by atoms with Gasteiger partial charge in [-0.2, -0.15) is 0 Å². The fourth-order valence-electron chi connectivity index (χ4n) is 4.73. The zero-order valence-electron chi connectivity index (χ0n) is 13.3. The van der Waals surface area contributed by atoms with E-state index in [1.165, 1.54) is 38.5 Å². The Morgan fingerprint density at radius 2 is 1.67 bits per heavy atom. The number of hydrogen-bond acceptors (Lipinski definition) is 3. The molecule has 2 aliphatic carbocycles. The first-order valence-electron chi connectivity index (χ1n) is 8.99. The number of carbonyl (C=O) groups is 1. The topological polar surface area (TPSA) is 49.6 Å². The molecule has 3 atom stereocenters. The molecule has 0 bridgehead atoms. The Balaban J connectivity index is 1.49. The van der Waals surface area contributed by atoms with Crippen molar-refractivity contribution >= 4 is 5.91 Å². The predicted molar refractivity (Wildman–Crippen MR) is 84.9 cm³/mol. The summed E-state index contributed by atoms with van der Waals surface area (Å²) in [5, 5.41) is 0. The van der Waals surface area contributed by atoms with Gasteiger partial charge in [-0.05, 0) is 31.1 Å². The third-order valence-corrected chi connectivity index (χ3v) is 6.02. The van der Waals surface area contributed by atoms with Gasteiger partial charge in [0.05, 0.1) is 0 Å². The SMILES string of the molecule is NCCN1CCN(C(=O)C2CCC3CCCCC3C2)CC1. The van der Waals surface area contributed by atoms with E-state index in [2.05, 4.69) is 9.80 Å². The Labute approximate surface area is 129 Å². The fourth-order valence-corrected chi connectivity index (χ4v) is 4.73. The van der Waals surface area contributed by atoms with Crippen molar-refractivity contribution in [3.8, 4) is 0 Å². The molecule has 0 spiro atoms. The van der Waals surface area contributed by atoms with Crippen molar-refractivity contribution in [2.75, 3.05) is 39.3 Å². The minimum Gasteiger partial charge on any atom is -0.340 e. The molecule has 4 heteroatoms. The fraction of sp³-hybridized carbons (Fsp3) is 0.941. The van der Waals surface area contributed by atoms with Gasteiger partial charge in [-0.25, -0.2) is 0 Å². The first-order chi connectivity index (χ1) is 10.3. The lowest BCUT2D eigenvalue weighted by molar-refractivity contribution is -0.139. The summed E-state index contributed by atoms with van der Waals surface area (Å²) >= 11 is 0. The number of rotatable bonds is 3. The van der Waals surface area contributed by atoms with Crippen LogP contribution in [0.3, 0.4) is 0 Å². The van der Waals surface area contributed by atoms with Crippen LogP contribution < -0.4 is 5.73 Å². The minimum atomic E-state index is 0.324. The number of carbonyl (C=O) groups excluding carboxylic acids is 1. The number of piperazine rings is 1. The molecular weight excluding hydrogens is 262 g/mol. The van der Waals surface area contributed by atoms with E-state index in [4.69, 9.17) is 5.73 Å². The summed E-state index contributed by atoms with van der Waals surface area (Å²) in [4.78, 5) is 17.3. The van der Waals surface area contributed by atoms with Crippen LogP contribution in [0, 0.1) is 17.8 Å². The van der Waals surface area contributed by atoms with Crippen molar-refractivity contribution in [2.45, 2.75) is 44.9 Å². The van der Waals surface area contributed by atoms with E-state index in [-0.39, 0.29) is 0 Å². The number of nitrogens with two attached hydrogens (primary N) is 1. The second kappa shape index (κ2) is 7.10. The molecule has 0 aromatic heterocycles. The molecular formula is C17H31N3O.